The van der Waals surface area contributed by atoms with Gasteiger partial charge in [0.15, 0.2) is 0 Å². The highest BCUT2D eigenvalue weighted by atomic mass is 16.2. The highest BCUT2D eigenvalue weighted by molar-refractivity contribution is 5.79. The molecule has 1 saturated carbocycles. The second kappa shape index (κ2) is 6.87. The van der Waals surface area contributed by atoms with Crippen LogP contribution in [0.1, 0.15) is 50.3 Å². The van der Waals surface area contributed by atoms with Gasteiger partial charge < -0.3 is 4.90 Å². The summed E-state index contributed by atoms with van der Waals surface area (Å²) < 4.78 is 0. The molecule has 0 aliphatic heterocycles. The fraction of sp³-hybridized carbons (Fsp3) is 0.647. The standard InChI is InChI=1S/C17H26N2O/c1-13-9-10-18-16(11-13)12-14(2)19(3)17(20)15-7-5-4-6-8-15/h9-11,14-15H,4-8,12H2,1-3H3/t14-/m1/s1. The smallest absolute Gasteiger partial charge is 0.225 e. The Balaban J connectivity index is 1.93. The Hall–Kier alpha value is -1.38. The fourth-order valence-corrected chi connectivity index (χ4v) is 3.00. The van der Waals surface area contributed by atoms with Crippen molar-refractivity contribution >= 4 is 5.91 Å². The summed E-state index contributed by atoms with van der Waals surface area (Å²) in [5.41, 5.74) is 2.30. The molecular formula is C17H26N2O. The van der Waals surface area contributed by atoms with Gasteiger partial charge in [-0.15, -0.1) is 0 Å². The minimum Gasteiger partial charge on any atom is -0.342 e. The zero-order valence-electron chi connectivity index (χ0n) is 12.9. The molecular weight excluding hydrogens is 248 g/mol. The van der Waals surface area contributed by atoms with E-state index in [2.05, 4.69) is 24.9 Å². The molecule has 0 N–H and O–H groups in total. The lowest BCUT2D eigenvalue weighted by atomic mass is 9.88. The van der Waals surface area contributed by atoms with Crippen LogP contribution in [0.4, 0.5) is 0 Å². The van der Waals surface area contributed by atoms with Crippen molar-refractivity contribution in [3.05, 3.63) is 29.6 Å². The van der Waals surface area contributed by atoms with Crippen molar-refractivity contribution in [2.45, 2.75) is 58.4 Å². The Labute approximate surface area is 122 Å². The molecule has 20 heavy (non-hydrogen) atoms. The monoisotopic (exact) mass is 274 g/mol. The van der Waals surface area contributed by atoms with Gasteiger partial charge in [-0.05, 0) is 44.4 Å². The highest BCUT2D eigenvalue weighted by Crippen LogP contribution is 2.25. The van der Waals surface area contributed by atoms with E-state index in [-0.39, 0.29) is 12.0 Å². The van der Waals surface area contributed by atoms with Gasteiger partial charge in [0.05, 0.1) is 0 Å². The second-order valence-corrected chi connectivity index (χ2v) is 6.16. The van der Waals surface area contributed by atoms with E-state index in [1.54, 1.807) is 0 Å². The van der Waals surface area contributed by atoms with Gasteiger partial charge in [0.1, 0.15) is 0 Å². The fourth-order valence-electron chi connectivity index (χ4n) is 3.00. The van der Waals surface area contributed by atoms with Crippen LogP contribution < -0.4 is 0 Å². The average molecular weight is 274 g/mol. The van der Waals surface area contributed by atoms with Gasteiger partial charge in [0.2, 0.25) is 5.91 Å². The Bertz CT molecular complexity index is 452. The minimum absolute atomic E-state index is 0.207. The normalized spacial score (nSPS) is 17.8. The SMILES string of the molecule is Cc1ccnc(C[C@@H](C)N(C)C(=O)C2CCCCC2)c1. The van der Waals surface area contributed by atoms with Gasteiger partial charge >= 0.3 is 0 Å². The summed E-state index contributed by atoms with van der Waals surface area (Å²) in [6.45, 7) is 4.19. The van der Waals surface area contributed by atoms with Crippen LogP contribution in [0.3, 0.4) is 0 Å². The molecule has 1 aliphatic carbocycles. The Morgan fingerprint density at radius 2 is 2.10 bits per heavy atom. The van der Waals surface area contributed by atoms with Crippen LogP contribution in [0, 0.1) is 12.8 Å². The van der Waals surface area contributed by atoms with Crippen LogP contribution in [0.15, 0.2) is 18.3 Å². The minimum atomic E-state index is 0.207. The lowest BCUT2D eigenvalue weighted by Crippen LogP contribution is -2.41. The number of aromatic nitrogens is 1. The molecule has 0 radical (unpaired) electrons. The number of nitrogens with zero attached hydrogens (tertiary/aromatic N) is 2. The Morgan fingerprint density at radius 1 is 1.40 bits per heavy atom. The summed E-state index contributed by atoms with van der Waals surface area (Å²) in [5, 5.41) is 0. The topological polar surface area (TPSA) is 33.2 Å². The molecule has 1 aliphatic rings. The summed E-state index contributed by atoms with van der Waals surface area (Å²) in [6.07, 6.45) is 8.51. The van der Waals surface area contributed by atoms with E-state index in [0.29, 0.717) is 5.91 Å². The zero-order valence-corrected chi connectivity index (χ0v) is 12.9. The molecule has 110 valence electrons. The molecule has 0 bridgehead atoms. The third-order valence-electron chi connectivity index (χ3n) is 4.44. The Kier molecular flexibility index (Phi) is 5.16. The first kappa shape index (κ1) is 15.0. The van der Waals surface area contributed by atoms with Crippen LogP contribution in [0.5, 0.6) is 0 Å². The molecule has 0 spiro atoms. The first-order chi connectivity index (χ1) is 9.58. The van der Waals surface area contributed by atoms with Crippen molar-refractivity contribution < 1.29 is 4.79 Å². The van der Waals surface area contributed by atoms with Crippen LogP contribution in [0.25, 0.3) is 0 Å². The largest absolute Gasteiger partial charge is 0.342 e. The number of likely N-dealkylation sites (N-methyl/N-ethyl adjacent to an activating group) is 1. The lowest BCUT2D eigenvalue weighted by Gasteiger charge is -2.30. The molecule has 3 heteroatoms. The van der Waals surface area contributed by atoms with Crippen LogP contribution in [0.2, 0.25) is 0 Å². The van der Waals surface area contributed by atoms with Gasteiger partial charge in [-0.25, -0.2) is 0 Å². The second-order valence-electron chi connectivity index (χ2n) is 6.16. The van der Waals surface area contributed by atoms with Crippen molar-refractivity contribution in [2.24, 2.45) is 5.92 Å². The van der Waals surface area contributed by atoms with E-state index in [4.69, 9.17) is 0 Å². The van der Waals surface area contributed by atoms with E-state index in [1.807, 2.05) is 24.2 Å². The van der Waals surface area contributed by atoms with Crippen molar-refractivity contribution in [3.8, 4) is 0 Å². The molecule has 2 rings (SSSR count). The number of carbonyl (C=O) groups is 1. The molecule has 0 unspecified atom stereocenters. The van der Waals surface area contributed by atoms with Gasteiger partial charge in [-0.2, -0.15) is 0 Å². The van der Waals surface area contributed by atoms with Gasteiger partial charge in [0.25, 0.3) is 0 Å². The summed E-state index contributed by atoms with van der Waals surface area (Å²) in [5.74, 6) is 0.575. The van der Waals surface area contributed by atoms with Crippen molar-refractivity contribution in [1.29, 1.82) is 0 Å². The molecule has 1 aromatic rings. The summed E-state index contributed by atoms with van der Waals surface area (Å²) in [7, 11) is 1.94. The molecule has 1 fully saturated rings. The average Bonchev–Trinajstić information content (AvgIpc) is 2.46. The number of hydrogen-bond donors (Lipinski definition) is 0. The third kappa shape index (κ3) is 3.81. The summed E-state index contributed by atoms with van der Waals surface area (Å²) in [4.78, 5) is 18.8. The summed E-state index contributed by atoms with van der Waals surface area (Å²) >= 11 is 0. The number of carbonyl (C=O) groups excluding carboxylic acids is 1. The number of amides is 1. The molecule has 0 aromatic carbocycles. The van der Waals surface area contributed by atoms with Crippen LogP contribution >= 0.6 is 0 Å². The van der Waals surface area contributed by atoms with Crippen LogP contribution in [-0.2, 0) is 11.2 Å². The number of rotatable bonds is 4. The number of hydrogen-bond acceptors (Lipinski definition) is 2. The molecule has 1 atom stereocenters. The lowest BCUT2D eigenvalue weighted by molar-refractivity contribution is -0.137. The quantitative estimate of drug-likeness (QED) is 0.843. The van der Waals surface area contributed by atoms with E-state index >= 15 is 0 Å². The van der Waals surface area contributed by atoms with E-state index in [9.17, 15) is 4.79 Å². The summed E-state index contributed by atoms with van der Waals surface area (Å²) in [6, 6.07) is 4.32. The predicted octanol–water partition coefficient (Wildman–Crippen LogP) is 3.36. The number of pyridine rings is 1. The first-order valence-corrected chi connectivity index (χ1v) is 7.76. The maximum absolute atomic E-state index is 12.5. The third-order valence-corrected chi connectivity index (χ3v) is 4.44. The van der Waals surface area contributed by atoms with Gasteiger partial charge in [0, 0.05) is 37.3 Å². The molecule has 1 amide bonds. The molecule has 1 aromatic heterocycles. The van der Waals surface area contributed by atoms with Crippen molar-refractivity contribution in [1.82, 2.24) is 9.88 Å². The first-order valence-electron chi connectivity index (χ1n) is 7.76. The van der Waals surface area contributed by atoms with E-state index in [1.165, 1.54) is 24.8 Å². The maximum atomic E-state index is 12.5. The zero-order chi connectivity index (χ0) is 14.5. The highest BCUT2D eigenvalue weighted by Gasteiger charge is 2.26. The molecule has 1 heterocycles. The predicted molar refractivity (Wildman–Crippen MR) is 81.5 cm³/mol. The Morgan fingerprint density at radius 3 is 2.75 bits per heavy atom. The molecule has 0 saturated heterocycles. The van der Waals surface area contributed by atoms with Crippen LogP contribution in [-0.4, -0.2) is 28.9 Å². The van der Waals surface area contributed by atoms with Crippen molar-refractivity contribution in [3.63, 3.8) is 0 Å². The van der Waals surface area contributed by atoms with E-state index in [0.717, 1.165) is 25.0 Å². The molecule has 3 nitrogen and oxygen atoms in total. The van der Waals surface area contributed by atoms with Crippen molar-refractivity contribution in [2.75, 3.05) is 7.05 Å². The van der Waals surface area contributed by atoms with E-state index < -0.39 is 0 Å². The van der Waals surface area contributed by atoms with Gasteiger partial charge in [-0.1, -0.05) is 19.3 Å². The van der Waals surface area contributed by atoms with Gasteiger partial charge in [-0.3, -0.25) is 9.78 Å². The number of aryl methyl sites for hydroxylation is 1. The maximum Gasteiger partial charge on any atom is 0.225 e.